The van der Waals surface area contributed by atoms with Crippen molar-refractivity contribution in [2.24, 2.45) is 0 Å². The Bertz CT molecular complexity index is 1020. The minimum atomic E-state index is -0.833. The zero-order chi connectivity index (χ0) is 20.9. The van der Waals surface area contributed by atoms with Crippen LogP contribution in [-0.4, -0.2) is 35.7 Å². The number of carbonyl (C=O) groups excluding carboxylic acids is 2. The smallest absolute Gasteiger partial charge is 0.325 e. The fraction of sp³-hybridized carbons (Fsp3) is 0.391. The summed E-state index contributed by atoms with van der Waals surface area (Å²) in [7, 11) is 0. The van der Waals surface area contributed by atoms with E-state index in [1.165, 1.54) is 6.42 Å². The van der Waals surface area contributed by atoms with Gasteiger partial charge < -0.3 is 15.0 Å². The number of amides is 3. The Morgan fingerprint density at radius 2 is 1.97 bits per heavy atom. The molecule has 2 aromatic carbocycles. The first-order valence-corrected chi connectivity index (χ1v) is 11.2. The van der Waals surface area contributed by atoms with E-state index in [1.54, 1.807) is 4.90 Å². The molecule has 2 saturated heterocycles. The summed E-state index contributed by atoms with van der Waals surface area (Å²) in [5.41, 5.74) is 1.41. The first-order chi connectivity index (χ1) is 14.4. The minimum absolute atomic E-state index is 0.0248. The summed E-state index contributed by atoms with van der Waals surface area (Å²) in [5, 5.41) is 3.11. The van der Waals surface area contributed by atoms with Crippen LogP contribution in [0.5, 0.6) is 5.75 Å². The Labute approximate surface area is 184 Å². The molecule has 2 aromatic rings. The third kappa shape index (κ3) is 3.25. The van der Waals surface area contributed by atoms with Gasteiger partial charge in [-0.3, -0.25) is 9.69 Å². The monoisotopic (exact) mass is 469 g/mol. The van der Waals surface area contributed by atoms with Gasteiger partial charge >= 0.3 is 6.03 Å². The van der Waals surface area contributed by atoms with Gasteiger partial charge in [0.25, 0.3) is 5.91 Å². The van der Waals surface area contributed by atoms with Crippen LogP contribution in [0.25, 0.3) is 0 Å². The topological polar surface area (TPSA) is 61.9 Å². The molecule has 6 nitrogen and oxygen atoms in total. The number of hydrogen-bond acceptors (Lipinski definition) is 3. The molecule has 0 spiro atoms. The second-order valence-corrected chi connectivity index (χ2v) is 9.32. The van der Waals surface area contributed by atoms with Crippen LogP contribution < -0.4 is 15.0 Å². The predicted molar refractivity (Wildman–Crippen MR) is 118 cm³/mol. The van der Waals surface area contributed by atoms with Gasteiger partial charge in [0.15, 0.2) is 5.72 Å². The number of nitrogens with one attached hydrogen (secondary N) is 1. The summed E-state index contributed by atoms with van der Waals surface area (Å²) in [6, 6.07) is 12.9. The van der Waals surface area contributed by atoms with Crippen molar-refractivity contribution in [2.75, 3.05) is 18.0 Å². The van der Waals surface area contributed by atoms with Crippen molar-refractivity contribution in [1.82, 2.24) is 10.2 Å². The van der Waals surface area contributed by atoms with Crippen molar-refractivity contribution in [2.45, 2.75) is 44.4 Å². The highest BCUT2D eigenvalue weighted by Gasteiger charge is 2.50. The van der Waals surface area contributed by atoms with Crippen molar-refractivity contribution in [3.05, 3.63) is 58.1 Å². The Kier molecular flexibility index (Phi) is 4.73. The molecule has 3 aliphatic rings. The molecule has 2 fully saturated rings. The van der Waals surface area contributed by atoms with Crippen LogP contribution in [0.4, 0.5) is 10.5 Å². The van der Waals surface area contributed by atoms with E-state index in [1.807, 2.05) is 54.3 Å². The van der Waals surface area contributed by atoms with E-state index >= 15 is 0 Å². The van der Waals surface area contributed by atoms with Crippen LogP contribution in [0.15, 0.2) is 46.9 Å². The first kappa shape index (κ1) is 19.4. The Morgan fingerprint density at radius 3 is 2.77 bits per heavy atom. The van der Waals surface area contributed by atoms with E-state index in [-0.39, 0.29) is 18.0 Å². The highest BCUT2D eigenvalue weighted by Crippen LogP contribution is 2.46. The molecule has 0 aromatic heterocycles. The molecular formula is C23H24BrN3O3. The quantitative estimate of drug-likeness (QED) is 0.683. The third-order valence-electron chi connectivity index (χ3n) is 6.23. The minimum Gasteiger partial charge on any atom is -0.467 e. The number of piperidine rings is 1. The number of benzene rings is 2. The van der Waals surface area contributed by atoms with Crippen LogP contribution >= 0.6 is 15.9 Å². The van der Waals surface area contributed by atoms with Gasteiger partial charge in [-0.2, -0.15) is 0 Å². The summed E-state index contributed by atoms with van der Waals surface area (Å²) in [6.07, 6.45) is 3.88. The highest BCUT2D eigenvalue weighted by atomic mass is 79.9. The second kappa shape index (κ2) is 7.30. The third-order valence-corrected chi connectivity index (χ3v) is 6.72. The molecule has 0 saturated carbocycles. The first-order valence-electron chi connectivity index (χ1n) is 10.4. The van der Waals surface area contributed by atoms with Gasteiger partial charge in [-0.25, -0.2) is 4.79 Å². The summed E-state index contributed by atoms with van der Waals surface area (Å²) < 4.78 is 7.30. The van der Waals surface area contributed by atoms with E-state index in [9.17, 15) is 9.59 Å². The van der Waals surface area contributed by atoms with E-state index in [4.69, 9.17) is 4.74 Å². The maximum absolute atomic E-state index is 13.1. The zero-order valence-electron chi connectivity index (χ0n) is 16.9. The molecule has 0 radical (unpaired) electrons. The van der Waals surface area contributed by atoms with E-state index < -0.39 is 5.72 Å². The summed E-state index contributed by atoms with van der Waals surface area (Å²) in [4.78, 5) is 29.6. The molecule has 2 bridgehead atoms. The molecule has 5 rings (SSSR count). The number of halogens is 1. The van der Waals surface area contributed by atoms with Crippen molar-refractivity contribution in [3.8, 4) is 5.75 Å². The van der Waals surface area contributed by atoms with Gasteiger partial charge in [0, 0.05) is 35.1 Å². The van der Waals surface area contributed by atoms with Gasteiger partial charge in [0.05, 0.1) is 11.7 Å². The zero-order valence-corrected chi connectivity index (χ0v) is 18.4. The fourth-order valence-corrected chi connectivity index (χ4v) is 5.17. The lowest BCUT2D eigenvalue weighted by molar-refractivity contribution is 0.0377. The molecule has 7 heteroatoms. The van der Waals surface area contributed by atoms with Crippen molar-refractivity contribution in [3.63, 3.8) is 0 Å². The number of urea groups is 1. The van der Waals surface area contributed by atoms with Gasteiger partial charge in [0.1, 0.15) is 5.75 Å². The van der Waals surface area contributed by atoms with Gasteiger partial charge in [-0.05, 0) is 62.6 Å². The number of anilines is 1. The number of hydrogen-bond donors (Lipinski definition) is 1. The fourth-order valence-electron chi connectivity index (χ4n) is 4.79. The summed E-state index contributed by atoms with van der Waals surface area (Å²) >= 11 is 3.50. The standard InChI is InChI=1S/C23H24BrN3O3/c1-23-14-19(18-13-16(24)8-9-20(18)30-23)25-22(29)27(23)17-7-5-6-15(12-17)21(28)26-10-3-2-4-11-26/h5-9,12-13,19H,2-4,10-11,14H2,1H3,(H,25,29). The average molecular weight is 470 g/mol. The molecule has 1 N–H and O–H groups in total. The van der Waals surface area contributed by atoms with Gasteiger partial charge in [-0.1, -0.05) is 22.0 Å². The number of ether oxygens (including phenoxy) is 1. The van der Waals surface area contributed by atoms with Crippen LogP contribution in [-0.2, 0) is 0 Å². The second-order valence-electron chi connectivity index (χ2n) is 8.40. The molecule has 156 valence electrons. The lowest BCUT2D eigenvalue weighted by Crippen LogP contribution is -2.65. The number of likely N-dealkylation sites (tertiary alicyclic amines) is 1. The largest absolute Gasteiger partial charge is 0.467 e. The van der Waals surface area contributed by atoms with Crippen LogP contribution in [0, 0.1) is 0 Å². The van der Waals surface area contributed by atoms with Crippen molar-refractivity contribution in [1.29, 1.82) is 0 Å². The molecule has 2 unspecified atom stereocenters. The van der Waals surface area contributed by atoms with Gasteiger partial charge in [0.2, 0.25) is 0 Å². The molecule has 3 aliphatic heterocycles. The summed E-state index contributed by atoms with van der Waals surface area (Å²) in [5.74, 6) is 0.791. The normalized spacial score (nSPS) is 25.3. The maximum atomic E-state index is 13.1. The van der Waals surface area contributed by atoms with Crippen LogP contribution in [0.1, 0.15) is 54.6 Å². The number of nitrogens with zero attached hydrogens (tertiary/aromatic N) is 2. The molecule has 30 heavy (non-hydrogen) atoms. The molecule has 3 amide bonds. The van der Waals surface area contributed by atoms with Crippen molar-refractivity contribution >= 4 is 33.6 Å². The Hall–Kier alpha value is -2.54. The average Bonchev–Trinajstić information content (AvgIpc) is 2.74. The number of fused-ring (bicyclic) bond motifs is 4. The van der Waals surface area contributed by atoms with E-state index in [0.717, 1.165) is 41.7 Å². The lowest BCUT2D eigenvalue weighted by atomic mass is 9.90. The van der Waals surface area contributed by atoms with E-state index in [0.29, 0.717) is 17.7 Å². The molecule has 0 aliphatic carbocycles. The number of rotatable bonds is 2. The van der Waals surface area contributed by atoms with Crippen LogP contribution in [0.2, 0.25) is 0 Å². The van der Waals surface area contributed by atoms with Gasteiger partial charge in [-0.15, -0.1) is 0 Å². The number of carbonyl (C=O) groups is 2. The SMILES string of the molecule is CC12CC(NC(=O)N1c1cccc(C(=O)N3CCCCC3)c1)c1cc(Br)ccc1O2. The highest BCUT2D eigenvalue weighted by molar-refractivity contribution is 9.10. The Morgan fingerprint density at radius 1 is 1.17 bits per heavy atom. The molecule has 3 heterocycles. The summed E-state index contributed by atoms with van der Waals surface area (Å²) in [6.45, 7) is 3.52. The predicted octanol–water partition coefficient (Wildman–Crippen LogP) is 4.84. The van der Waals surface area contributed by atoms with Crippen LogP contribution in [0.3, 0.4) is 0 Å². The van der Waals surface area contributed by atoms with Crippen molar-refractivity contribution < 1.29 is 14.3 Å². The maximum Gasteiger partial charge on any atom is 0.325 e. The van der Waals surface area contributed by atoms with E-state index in [2.05, 4.69) is 21.2 Å². The molecular weight excluding hydrogens is 446 g/mol. The lowest BCUT2D eigenvalue weighted by Gasteiger charge is -2.50. The Balaban J connectivity index is 1.48. The molecule has 2 atom stereocenters.